The number of ether oxygens (including phenoxy) is 1. The van der Waals surface area contributed by atoms with Gasteiger partial charge in [-0.3, -0.25) is 9.59 Å². The minimum Gasteiger partial charge on any atom is -0.496 e. The molecular formula is C21H36N4O3+2. The highest BCUT2D eigenvalue weighted by Crippen LogP contribution is 2.18. The number of piperazine rings is 1. The highest BCUT2D eigenvalue weighted by molar-refractivity contribution is 5.87. The van der Waals surface area contributed by atoms with Crippen LogP contribution in [0.3, 0.4) is 0 Å². The molecule has 1 aromatic carbocycles. The topological polar surface area (TPSA) is 76.3 Å². The van der Waals surface area contributed by atoms with E-state index in [1.54, 1.807) is 14.0 Å². The Kier molecular flexibility index (Phi) is 8.73. The highest BCUT2D eigenvalue weighted by Gasteiger charge is 2.26. The van der Waals surface area contributed by atoms with Gasteiger partial charge in [-0.2, -0.15) is 0 Å². The van der Waals surface area contributed by atoms with Gasteiger partial charge in [0.1, 0.15) is 44.5 Å². The van der Waals surface area contributed by atoms with E-state index in [0.717, 1.165) is 44.9 Å². The molecular weight excluding hydrogens is 356 g/mol. The van der Waals surface area contributed by atoms with Crippen molar-refractivity contribution in [3.05, 3.63) is 29.3 Å². The van der Waals surface area contributed by atoms with Crippen molar-refractivity contribution in [2.75, 3.05) is 46.4 Å². The number of nitrogens with one attached hydrogen (secondary N) is 4. The Bertz CT molecular complexity index is 657. The minimum atomic E-state index is -0.487. The van der Waals surface area contributed by atoms with Crippen LogP contribution in [0, 0.1) is 6.92 Å². The Morgan fingerprint density at radius 2 is 1.86 bits per heavy atom. The van der Waals surface area contributed by atoms with Crippen LogP contribution in [0.1, 0.15) is 31.4 Å². The lowest BCUT2D eigenvalue weighted by Gasteiger charge is -2.30. The predicted octanol–water partition coefficient (Wildman–Crippen LogP) is -1.68. The van der Waals surface area contributed by atoms with Gasteiger partial charge in [0, 0.05) is 12.1 Å². The zero-order valence-electron chi connectivity index (χ0n) is 17.7. The second-order valence-corrected chi connectivity index (χ2v) is 7.75. The van der Waals surface area contributed by atoms with Crippen molar-refractivity contribution in [3.63, 3.8) is 0 Å². The summed E-state index contributed by atoms with van der Waals surface area (Å²) in [6.45, 7) is 11.8. The first kappa shape index (κ1) is 22.2. The Labute approximate surface area is 168 Å². The molecule has 1 atom stereocenters. The Balaban J connectivity index is 1.75. The molecule has 7 heteroatoms. The molecule has 7 nitrogen and oxygen atoms in total. The monoisotopic (exact) mass is 392 g/mol. The van der Waals surface area contributed by atoms with Gasteiger partial charge < -0.3 is 25.2 Å². The second-order valence-electron chi connectivity index (χ2n) is 7.75. The van der Waals surface area contributed by atoms with Gasteiger partial charge in [-0.15, -0.1) is 0 Å². The Hall–Kier alpha value is -2.12. The molecule has 0 radical (unpaired) electrons. The minimum absolute atomic E-state index is 0.0575. The van der Waals surface area contributed by atoms with Gasteiger partial charge in [-0.25, -0.2) is 0 Å². The van der Waals surface area contributed by atoms with Crippen molar-refractivity contribution in [2.45, 2.75) is 39.8 Å². The van der Waals surface area contributed by atoms with Crippen LogP contribution in [-0.4, -0.2) is 64.2 Å². The van der Waals surface area contributed by atoms with E-state index in [9.17, 15) is 9.59 Å². The zero-order valence-corrected chi connectivity index (χ0v) is 17.7. The van der Waals surface area contributed by atoms with Gasteiger partial charge in [0.25, 0.3) is 5.91 Å². The van der Waals surface area contributed by atoms with Crippen LogP contribution >= 0.6 is 0 Å². The highest BCUT2D eigenvalue weighted by atomic mass is 16.5. The van der Waals surface area contributed by atoms with E-state index >= 15 is 0 Å². The van der Waals surface area contributed by atoms with Crippen molar-refractivity contribution >= 4 is 11.8 Å². The maximum Gasteiger partial charge on any atom is 0.275 e. The van der Waals surface area contributed by atoms with Crippen LogP contribution in [0.25, 0.3) is 0 Å². The second kappa shape index (κ2) is 11.0. The van der Waals surface area contributed by atoms with Gasteiger partial charge in [0.2, 0.25) is 5.91 Å². The quantitative estimate of drug-likeness (QED) is 0.406. The third-order valence-corrected chi connectivity index (χ3v) is 5.27. The van der Waals surface area contributed by atoms with Crippen molar-refractivity contribution in [1.29, 1.82) is 0 Å². The molecule has 1 aliphatic rings. The van der Waals surface area contributed by atoms with Crippen molar-refractivity contribution in [2.24, 2.45) is 0 Å². The molecule has 0 spiro atoms. The molecule has 4 N–H and O–H groups in total. The van der Waals surface area contributed by atoms with Crippen LogP contribution in [0.2, 0.25) is 0 Å². The molecule has 2 rings (SSSR count). The molecule has 1 fully saturated rings. The lowest BCUT2D eigenvalue weighted by atomic mass is 10.1. The molecule has 1 heterocycles. The van der Waals surface area contributed by atoms with Crippen LogP contribution in [0.15, 0.2) is 18.2 Å². The average Bonchev–Trinajstić information content (AvgIpc) is 2.67. The third kappa shape index (κ3) is 6.80. The lowest BCUT2D eigenvalue weighted by molar-refractivity contribution is -1.02. The summed E-state index contributed by atoms with van der Waals surface area (Å²) in [5, 5.41) is 5.62. The predicted molar refractivity (Wildman–Crippen MR) is 109 cm³/mol. The number of amides is 2. The van der Waals surface area contributed by atoms with E-state index in [2.05, 4.69) is 29.7 Å². The summed E-state index contributed by atoms with van der Waals surface area (Å²) < 4.78 is 5.49. The first-order chi connectivity index (χ1) is 13.4. The van der Waals surface area contributed by atoms with E-state index < -0.39 is 6.04 Å². The first-order valence-corrected chi connectivity index (χ1v) is 10.3. The van der Waals surface area contributed by atoms with Crippen LogP contribution in [0.4, 0.5) is 0 Å². The Morgan fingerprint density at radius 1 is 1.18 bits per heavy atom. The van der Waals surface area contributed by atoms with E-state index in [1.807, 2.05) is 13.0 Å². The van der Waals surface area contributed by atoms with Gasteiger partial charge in [-0.05, 0) is 32.4 Å². The molecule has 156 valence electrons. The van der Waals surface area contributed by atoms with E-state index in [1.165, 1.54) is 20.9 Å². The fraction of sp³-hybridized carbons (Fsp3) is 0.619. The van der Waals surface area contributed by atoms with E-state index in [0.29, 0.717) is 13.1 Å². The third-order valence-electron chi connectivity index (χ3n) is 5.27. The number of hydrogen-bond donors (Lipinski definition) is 4. The molecule has 1 saturated heterocycles. The standard InChI is InChI=1S/C21H34N4O3/c1-5-8-22-21(27)17(3)23-20(26)15-25-11-9-24(10-12-25)14-18-13-16(2)6-7-19(18)28-4/h6-7,13,17H,5,8-12,14-15H2,1-4H3,(H,22,27)(H,23,26)/p+2/t17-/m1/s1. The van der Waals surface area contributed by atoms with Crippen molar-refractivity contribution in [3.8, 4) is 5.75 Å². The smallest absolute Gasteiger partial charge is 0.275 e. The summed E-state index contributed by atoms with van der Waals surface area (Å²) in [6.07, 6.45) is 0.886. The van der Waals surface area contributed by atoms with Gasteiger partial charge in [0.15, 0.2) is 6.54 Å². The van der Waals surface area contributed by atoms with Crippen LogP contribution in [0.5, 0.6) is 5.75 Å². The molecule has 0 unspecified atom stereocenters. The molecule has 0 aliphatic carbocycles. The summed E-state index contributed by atoms with van der Waals surface area (Å²) >= 11 is 0. The number of carbonyl (C=O) groups excluding carboxylic acids is 2. The zero-order chi connectivity index (χ0) is 20.5. The average molecular weight is 393 g/mol. The molecule has 28 heavy (non-hydrogen) atoms. The fourth-order valence-corrected chi connectivity index (χ4v) is 3.61. The van der Waals surface area contributed by atoms with Crippen LogP contribution in [-0.2, 0) is 16.1 Å². The number of carbonyl (C=O) groups is 2. The summed E-state index contributed by atoms with van der Waals surface area (Å²) in [6, 6.07) is 5.82. The first-order valence-electron chi connectivity index (χ1n) is 10.3. The summed E-state index contributed by atoms with van der Waals surface area (Å²) in [5.41, 5.74) is 2.49. The molecule has 0 aromatic heterocycles. The number of hydrogen-bond acceptors (Lipinski definition) is 3. The van der Waals surface area contributed by atoms with Gasteiger partial charge >= 0.3 is 0 Å². The van der Waals surface area contributed by atoms with Crippen molar-refractivity contribution in [1.82, 2.24) is 10.6 Å². The lowest BCUT2D eigenvalue weighted by Crippen LogP contribution is -3.28. The number of rotatable bonds is 9. The molecule has 1 aromatic rings. The molecule has 0 bridgehead atoms. The maximum absolute atomic E-state index is 12.3. The van der Waals surface area contributed by atoms with Gasteiger partial charge in [0.05, 0.1) is 7.11 Å². The van der Waals surface area contributed by atoms with Gasteiger partial charge in [-0.1, -0.05) is 18.6 Å². The van der Waals surface area contributed by atoms with Crippen LogP contribution < -0.4 is 25.2 Å². The number of quaternary nitrogens is 2. The summed E-state index contributed by atoms with van der Waals surface area (Å²) in [7, 11) is 1.72. The maximum atomic E-state index is 12.3. The fourth-order valence-electron chi connectivity index (χ4n) is 3.61. The van der Waals surface area contributed by atoms with E-state index in [-0.39, 0.29) is 11.8 Å². The van der Waals surface area contributed by atoms with E-state index in [4.69, 9.17) is 4.74 Å². The normalized spacial score (nSPS) is 20.3. The Morgan fingerprint density at radius 3 is 2.50 bits per heavy atom. The number of aryl methyl sites for hydroxylation is 1. The van der Waals surface area contributed by atoms with Crippen molar-refractivity contribution < 1.29 is 24.1 Å². The summed E-state index contributed by atoms with van der Waals surface area (Å²) in [5.74, 6) is 0.770. The molecule has 0 saturated carbocycles. The summed E-state index contributed by atoms with van der Waals surface area (Å²) in [4.78, 5) is 26.9. The molecule has 2 amide bonds. The number of benzene rings is 1. The SMILES string of the molecule is CCCNC(=O)[C@@H](C)NC(=O)C[NH+]1CC[NH+](Cc2cc(C)ccc2OC)CC1. The largest absolute Gasteiger partial charge is 0.496 e. The number of methoxy groups -OCH3 is 1. The molecule has 1 aliphatic heterocycles.